The van der Waals surface area contributed by atoms with Gasteiger partial charge in [-0.05, 0) is 54.3 Å². The Labute approximate surface area is 111 Å². The van der Waals surface area contributed by atoms with Crippen molar-refractivity contribution in [1.29, 1.82) is 0 Å². The fourth-order valence-corrected chi connectivity index (χ4v) is 3.74. The van der Waals surface area contributed by atoms with Crippen molar-refractivity contribution in [3.05, 3.63) is 11.0 Å². The normalized spacial score (nSPS) is 35.3. The molecule has 0 bridgehead atoms. The molecule has 1 N–H and O–H groups in total. The summed E-state index contributed by atoms with van der Waals surface area (Å²) in [5.74, 6) is 1.86. The van der Waals surface area contributed by atoms with Crippen molar-refractivity contribution in [2.75, 3.05) is 19.9 Å². The molecule has 2 rings (SSSR count). The zero-order valence-corrected chi connectivity index (χ0v) is 11.8. The number of hydrogen-bond donors (Lipinski definition) is 1. The quantitative estimate of drug-likeness (QED) is 0.799. The van der Waals surface area contributed by atoms with Gasteiger partial charge in [-0.3, -0.25) is 0 Å². The van der Waals surface area contributed by atoms with E-state index < -0.39 is 11.2 Å². The second kappa shape index (κ2) is 5.97. The van der Waals surface area contributed by atoms with Crippen LogP contribution in [0.25, 0.3) is 0 Å². The number of rotatable bonds is 3. The van der Waals surface area contributed by atoms with Crippen LogP contribution >= 0.6 is 0 Å². The number of fused-ring (bicyclic) bond motifs is 1. The van der Waals surface area contributed by atoms with Crippen LogP contribution in [0.5, 0.6) is 0 Å². The summed E-state index contributed by atoms with van der Waals surface area (Å²) < 4.78 is 16.6. The predicted octanol–water partition coefficient (Wildman–Crippen LogP) is 2.04. The van der Waals surface area contributed by atoms with Crippen molar-refractivity contribution in [2.45, 2.75) is 25.7 Å². The number of carbonyl (C=O) groups excluding carboxylic acids is 1. The third-order valence-electron chi connectivity index (χ3n) is 4.09. The summed E-state index contributed by atoms with van der Waals surface area (Å²) in [7, 11) is 1.57. The highest BCUT2D eigenvalue weighted by Crippen LogP contribution is 2.53. The number of carbonyl (C=O) groups is 1. The van der Waals surface area contributed by atoms with Gasteiger partial charge in [0.05, 0.1) is 6.61 Å². The predicted molar refractivity (Wildman–Crippen MR) is 71.5 cm³/mol. The fourth-order valence-electron chi connectivity index (χ4n) is 2.98. The van der Waals surface area contributed by atoms with Crippen LogP contribution in [-0.2, 0) is 15.9 Å². The maximum absolute atomic E-state index is 11.5. The molecule has 1 amide bonds. The molecule has 1 saturated carbocycles. The minimum atomic E-state index is -0.825. The van der Waals surface area contributed by atoms with Crippen molar-refractivity contribution in [3.63, 3.8) is 0 Å². The standard InChI is InChI=1S/C13H21NO3S/c1-14-13(15)17-8-12-10-5-3-4-9(18(2)16)6-7-11(10)12/h4,10-12H,3,5-8H2,1-2H3,(H,14,15)/b9-4+. The number of amides is 1. The Balaban J connectivity index is 1.80. The summed E-state index contributed by atoms with van der Waals surface area (Å²) in [5, 5.41) is 2.46. The highest BCUT2D eigenvalue weighted by molar-refractivity contribution is 7.94. The lowest BCUT2D eigenvalue weighted by molar-refractivity contribution is 0.139. The number of alkyl carbamates (subject to hydrolysis) is 1. The van der Waals surface area contributed by atoms with Crippen LogP contribution < -0.4 is 5.32 Å². The summed E-state index contributed by atoms with van der Waals surface area (Å²) in [6.07, 6.45) is 7.70. The number of nitrogens with one attached hydrogen (secondary N) is 1. The minimum absolute atomic E-state index is 0.345. The van der Waals surface area contributed by atoms with Gasteiger partial charge in [0.2, 0.25) is 0 Å². The summed E-state index contributed by atoms with van der Waals surface area (Å²) in [6, 6.07) is 0. The minimum Gasteiger partial charge on any atom is -0.612 e. The van der Waals surface area contributed by atoms with Gasteiger partial charge in [-0.25, -0.2) is 4.79 Å². The molecule has 2 aliphatic rings. The van der Waals surface area contributed by atoms with E-state index in [2.05, 4.69) is 11.4 Å². The third kappa shape index (κ3) is 3.20. The first-order valence-corrected chi connectivity index (χ1v) is 8.06. The van der Waals surface area contributed by atoms with Gasteiger partial charge in [-0.15, -0.1) is 0 Å². The smallest absolute Gasteiger partial charge is 0.406 e. The molecule has 0 radical (unpaired) electrons. The number of allylic oxidation sites excluding steroid dienone is 2. The molecule has 4 atom stereocenters. The Hall–Kier alpha value is -0.680. The van der Waals surface area contributed by atoms with E-state index in [1.54, 1.807) is 13.3 Å². The largest absolute Gasteiger partial charge is 0.612 e. The Morgan fingerprint density at radius 3 is 2.94 bits per heavy atom. The molecule has 0 aliphatic heterocycles. The van der Waals surface area contributed by atoms with E-state index in [9.17, 15) is 9.35 Å². The van der Waals surface area contributed by atoms with E-state index in [1.165, 1.54) is 0 Å². The van der Waals surface area contributed by atoms with Gasteiger partial charge in [0.25, 0.3) is 0 Å². The molecule has 0 aromatic rings. The molecule has 18 heavy (non-hydrogen) atoms. The van der Waals surface area contributed by atoms with Gasteiger partial charge in [0.1, 0.15) is 11.2 Å². The monoisotopic (exact) mass is 271 g/mol. The fraction of sp³-hybridized carbons (Fsp3) is 0.769. The average molecular weight is 271 g/mol. The molecule has 2 aliphatic carbocycles. The maximum atomic E-state index is 11.5. The first-order chi connectivity index (χ1) is 8.63. The van der Waals surface area contributed by atoms with Crippen molar-refractivity contribution in [1.82, 2.24) is 5.32 Å². The number of hydrogen-bond acceptors (Lipinski definition) is 3. The maximum Gasteiger partial charge on any atom is 0.406 e. The van der Waals surface area contributed by atoms with Crippen molar-refractivity contribution in [2.24, 2.45) is 17.8 Å². The van der Waals surface area contributed by atoms with E-state index >= 15 is 0 Å². The van der Waals surface area contributed by atoms with Gasteiger partial charge in [0.15, 0.2) is 0 Å². The van der Waals surface area contributed by atoms with Crippen molar-refractivity contribution < 1.29 is 14.1 Å². The van der Waals surface area contributed by atoms with Crippen LogP contribution in [-0.4, -0.2) is 30.6 Å². The molecule has 0 aromatic heterocycles. The van der Waals surface area contributed by atoms with Crippen molar-refractivity contribution in [3.8, 4) is 0 Å². The van der Waals surface area contributed by atoms with E-state index in [0.29, 0.717) is 24.4 Å². The molecule has 0 saturated heterocycles. The lowest BCUT2D eigenvalue weighted by atomic mass is 10.1. The molecular weight excluding hydrogens is 250 g/mol. The lowest BCUT2D eigenvalue weighted by Crippen LogP contribution is -2.20. The van der Waals surface area contributed by atoms with Gasteiger partial charge in [-0.1, -0.05) is 0 Å². The average Bonchev–Trinajstić information content (AvgIpc) is 2.96. The van der Waals surface area contributed by atoms with Gasteiger partial charge in [-0.2, -0.15) is 0 Å². The zero-order chi connectivity index (χ0) is 13.1. The SMILES string of the molecule is CNC(=O)OCC1C2CC/C=C(/[S+](C)[O-])CCC21. The van der Waals surface area contributed by atoms with E-state index in [0.717, 1.165) is 30.6 Å². The molecule has 102 valence electrons. The Kier molecular flexibility index (Phi) is 4.56. The molecule has 0 heterocycles. The van der Waals surface area contributed by atoms with Gasteiger partial charge >= 0.3 is 6.09 Å². The Morgan fingerprint density at radius 1 is 1.56 bits per heavy atom. The van der Waals surface area contributed by atoms with E-state index in [4.69, 9.17) is 4.74 Å². The van der Waals surface area contributed by atoms with Crippen molar-refractivity contribution >= 4 is 17.3 Å². The van der Waals surface area contributed by atoms with Gasteiger partial charge in [0, 0.05) is 13.5 Å². The highest BCUT2D eigenvalue weighted by atomic mass is 32.2. The summed E-state index contributed by atoms with van der Waals surface area (Å²) >= 11 is -0.825. The molecule has 1 fully saturated rings. The Bertz CT molecular complexity index is 343. The van der Waals surface area contributed by atoms with Crippen LogP contribution in [0.2, 0.25) is 0 Å². The highest BCUT2D eigenvalue weighted by Gasteiger charge is 2.49. The second-order valence-electron chi connectivity index (χ2n) is 5.08. The Morgan fingerprint density at radius 2 is 2.28 bits per heavy atom. The summed E-state index contributed by atoms with van der Waals surface area (Å²) in [5.41, 5.74) is 0. The lowest BCUT2D eigenvalue weighted by Gasteiger charge is -2.11. The molecule has 0 spiro atoms. The second-order valence-corrected chi connectivity index (χ2v) is 6.51. The molecule has 5 heteroatoms. The zero-order valence-electron chi connectivity index (χ0n) is 11.0. The first kappa shape index (κ1) is 13.7. The summed E-state index contributed by atoms with van der Waals surface area (Å²) in [4.78, 5) is 12.1. The van der Waals surface area contributed by atoms with Crippen LogP contribution in [0, 0.1) is 17.8 Å². The van der Waals surface area contributed by atoms with Crippen LogP contribution in [0.3, 0.4) is 0 Å². The van der Waals surface area contributed by atoms with Crippen LogP contribution in [0.1, 0.15) is 25.7 Å². The van der Waals surface area contributed by atoms with E-state index in [1.807, 2.05) is 0 Å². The van der Waals surface area contributed by atoms with Gasteiger partial charge < -0.3 is 14.6 Å². The van der Waals surface area contributed by atoms with Crippen LogP contribution in [0.4, 0.5) is 4.79 Å². The number of ether oxygens (including phenoxy) is 1. The van der Waals surface area contributed by atoms with E-state index in [-0.39, 0.29) is 6.09 Å². The molecule has 4 nitrogen and oxygen atoms in total. The molecule has 4 unspecified atom stereocenters. The first-order valence-electron chi connectivity index (χ1n) is 6.50. The molecular formula is C13H21NO3S. The topological polar surface area (TPSA) is 61.4 Å². The molecule has 0 aromatic carbocycles. The third-order valence-corrected chi connectivity index (χ3v) is 5.19. The summed E-state index contributed by atoms with van der Waals surface area (Å²) in [6.45, 7) is 0.527. The van der Waals surface area contributed by atoms with Crippen LogP contribution in [0.15, 0.2) is 11.0 Å².